The van der Waals surface area contributed by atoms with E-state index in [1.807, 2.05) is 0 Å². The molecule has 3 atom stereocenters. The van der Waals surface area contributed by atoms with E-state index in [9.17, 15) is 9.59 Å². The van der Waals surface area contributed by atoms with Crippen molar-refractivity contribution in [2.45, 2.75) is 83.2 Å². The van der Waals surface area contributed by atoms with Gasteiger partial charge in [-0.05, 0) is 76.3 Å². The smallest absolute Gasteiger partial charge is 0.223 e. The van der Waals surface area contributed by atoms with Gasteiger partial charge in [-0.1, -0.05) is 13.3 Å². The largest absolute Gasteiger partial charge is 0.353 e. The van der Waals surface area contributed by atoms with Crippen molar-refractivity contribution in [3.05, 3.63) is 0 Å². The van der Waals surface area contributed by atoms with Crippen LogP contribution < -0.4 is 5.32 Å². The highest BCUT2D eigenvalue weighted by Crippen LogP contribution is 2.44. The van der Waals surface area contributed by atoms with Crippen molar-refractivity contribution in [1.82, 2.24) is 15.1 Å². The minimum absolute atomic E-state index is 0.214. The van der Waals surface area contributed by atoms with E-state index in [0.717, 1.165) is 70.1 Å². The summed E-state index contributed by atoms with van der Waals surface area (Å²) < 4.78 is 0. The lowest BCUT2D eigenvalue weighted by molar-refractivity contribution is -0.133. The highest BCUT2D eigenvalue weighted by atomic mass is 16.2. The maximum atomic E-state index is 12.7. The molecule has 4 fully saturated rings. The summed E-state index contributed by atoms with van der Waals surface area (Å²) in [6.45, 7) is 5.98. The van der Waals surface area contributed by atoms with Crippen molar-refractivity contribution in [3.63, 3.8) is 0 Å². The van der Waals surface area contributed by atoms with Gasteiger partial charge in [0.15, 0.2) is 0 Å². The van der Waals surface area contributed by atoms with Gasteiger partial charge in [0, 0.05) is 37.5 Å². The van der Waals surface area contributed by atoms with Crippen LogP contribution in [0.4, 0.5) is 0 Å². The second kappa shape index (κ2) is 8.50. The zero-order valence-electron chi connectivity index (χ0n) is 17.0. The molecule has 4 rings (SSSR count). The van der Waals surface area contributed by atoms with Crippen molar-refractivity contribution >= 4 is 11.8 Å². The van der Waals surface area contributed by atoms with Gasteiger partial charge in [-0.2, -0.15) is 0 Å². The Morgan fingerprint density at radius 1 is 0.926 bits per heavy atom. The van der Waals surface area contributed by atoms with E-state index >= 15 is 0 Å². The van der Waals surface area contributed by atoms with Gasteiger partial charge in [0.25, 0.3) is 0 Å². The quantitative estimate of drug-likeness (QED) is 0.804. The first-order valence-corrected chi connectivity index (χ1v) is 11.5. The monoisotopic (exact) mass is 375 g/mol. The summed E-state index contributed by atoms with van der Waals surface area (Å²) in [5.74, 6) is 2.52. The molecule has 0 aromatic heterocycles. The van der Waals surface area contributed by atoms with Gasteiger partial charge in [0.1, 0.15) is 0 Å². The molecule has 3 unspecified atom stereocenters. The molecular formula is C22H37N3O2. The van der Waals surface area contributed by atoms with Gasteiger partial charge in [0.2, 0.25) is 11.8 Å². The molecule has 2 bridgehead atoms. The van der Waals surface area contributed by atoms with E-state index in [4.69, 9.17) is 0 Å². The van der Waals surface area contributed by atoms with E-state index in [1.165, 1.54) is 25.7 Å². The molecular weight excluding hydrogens is 338 g/mol. The summed E-state index contributed by atoms with van der Waals surface area (Å²) in [5.41, 5.74) is 0. The number of hydrogen-bond donors (Lipinski definition) is 1. The Morgan fingerprint density at radius 2 is 1.67 bits per heavy atom. The molecule has 0 aromatic carbocycles. The first-order chi connectivity index (χ1) is 13.1. The zero-order chi connectivity index (χ0) is 18.8. The average molecular weight is 376 g/mol. The van der Waals surface area contributed by atoms with Crippen LogP contribution in [0.25, 0.3) is 0 Å². The summed E-state index contributed by atoms with van der Waals surface area (Å²) in [7, 11) is 0. The van der Waals surface area contributed by atoms with Crippen LogP contribution in [0.2, 0.25) is 0 Å². The van der Waals surface area contributed by atoms with Crippen LogP contribution in [-0.2, 0) is 9.59 Å². The molecule has 2 saturated heterocycles. The van der Waals surface area contributed by atoms with E-state index in [1.54, 1.807) is 0 Å². The molecule has 2 heterocycles. The van der Waals surface area contributed by atoms with Crippen LogP contribution in [0.1, 0.15) is 71.1 Å². The first kappa shape index (κ1) is 19.2. The summed E-state index contributed by atoms with van der Waals surface area (Å²) in [4.78, 5) is 29.4. The van der Waals surface area contributed by atoms with Crippen LogP contribution in [0, 0.1) is 17.8 Å². The van der Waals surface area contributed by atoms with Crippen LogP contribution in [0.5, 0.6) is 0 Å². The molecule has 1 N–H and O–H groups in total. The number of hydrogen-bond acceptors (Lipinski definition) is 3. The number of nitrogens with one attached hydrogen (secondary N) is 1. The minimum Gasteiger partial charge on any atom is -0.353 e. The van der Waals surface area contributed by atoms with Gasteiger partial charge >= 0.3 is 0 Å². The maximum absolute atomic E-state index is 12.7. The molecule has 2 amide bonds. The lowest BCUT2D eigenvalue weighted by Gasteiger charge is -2.41. The number of carbonyl (C=O) groups is 2. The predicted octanol–water partition coefficient (Wildman–Crippen LogP) is 2.79. The van der Waals surface area contributed by atoms with Crippen LogP contribution >= 0.6 is 0 Å². The fourth-order valence-corrected chi connectivity index (χ4v) is 6.10. The van der Waals surface area contributed by atoms with E-state index in [2.05, 4.69) is 22.0 Å². The van der Waals surface area contributed by atoms with Crippen LogP contribution in [0.3, 0.4) is 0 Å². The maximum Gasteiger partial charge on any atom is 0.223 e. The number of piperidine rings is 2. The molecule has 0 spiro atoms. The van der Waals surface area contributed by atoms with Gasteiger partial charge in [-0.25, -0.2) is 0 Å². The number of rotatable bonds is 5. The number of nitrogens with zero attached hydrogens (tertiary/aromatic N) is 2. The summed E-state index contributed by atoms with van der Waals surface area (Å²) in [5, 5.41) is 3.40. The third-order valence-electron chi connectivity index (χ3n) is 7.76. The Hall–Kier alpha value is -1.10. The lowest BCUT2D eigenvalue weighted by atomic mass is 9.91. The molecule has 2 aliphatic heterocycles. The lowest BCUT2D eigenvalue weighted by Crippen LogP contribution is -2.51. The van der Waals surface area contributed by atoms with Crippen LogP contribution in [-0.4, -0.2) is 59.9 Å². The molecule has 2 aliphatic carbocycles. The van der Waals surface area contributed by atoms with E-state index in [0.29, 0.717) is 30.3 Å². The molecule has 2 saturated carbocycles. The molecule has 0 aromatic rings. The third-order valence-corrected chi connectivity index (χ3v) is 7.76. The molecule has 0 radical (unpaired) electrons. The van der Waals surface area contributed by atoms with Crippen molar-refractivity contribution in [2.24, 2.45) is 17.8 Å². The summed E-state index contributed by atoms with van der Waals surface area (Å²) >= 11 is 0. The van der Waals surface area contributed by atoms with Crippen molar-refractivity contribution in [2.75, 3.05) is 26.2 Å². The molecule has 4 aliphatic rings. The molecule has 5 nitrogen and oxygen atoms in total. The fourth-order valence-electron chi connectivity index (χ4n) is 6.10. The van der Waals surface area contributed by atoms with Gasteiger partial charge < -0.3 is 15.1 Å². The van der Waals surface area contributed by atoms with Crippen LogP contribution in [0.15, 0.2) is 0 Å². The summed E-state index contributed by atoms with van der Waals surface area (Å²) in [6.07, 6.45) is 11.1. The highest BCUT2D eigenvalue weighted by molar-refractivity contribution is 5.79. The second-order valence-corrected chi connectivity index (χ2v) is 9.46. The fraction of sp³-hybridized carbons (Fsp3) is 0.909. The Kier molecular flexibility index (Phi) is 6.05. The highest BCUT2D eigenvalue weighted by Gasteiger charge is 2.41. The van der Waals surface area contributed by atoms with Gasteiger partial charge in [-0.15, -0.1) is 0 Å². The minimum atomic E-state index is 0.214. The Balaban J connectivity index is 1.18. The molecule has 152 valence electrons. The van der Waals surface area contributed by atoms with E-state index < -0.39 is 0 Å². The SMILES string of the molecule is CCCC(=O)N1CCC(N2CCC(C(=O)NC3CC4CCC3C4)CC2)CC1. The summed E-state index contributed by atoms with van der Waals surface area (Å²) in [6, 6.07) is 1.07. The van der Waals surface area contributed by atoms with Crippen molar-refractivity contribution in [1.29, 1.82) is 0 Å². The number of likely N-dealkylation sites (tertiary alicyclic amines) is 2. The average Bonchev–Trinajstić information content (AvgIpc) is 3.31. The third kappa shape index (κ3) is 4.33. The predicted molar refractivity (Wildman–Crippen MR) is 106 cm³/mol. The topological polar surface area (TPSA) is 52.7 Å². The van der Waals surface area contributed by atoms with E-state index in [-0.39, 0.29) is 5.92 Å². The number of amides is 2. The molecule has 27 heavy (non-hydrogen) atoms. The first-order valence-electron chi connectivity index (χ1n) is 11.5. The van der Waals surface area contributed by atoms with Crippen molar-refractivity contribution in [3.8, 4) is 0 Å². The number of fused-ring (bicyclic) bond motifs is 2. The second-order valence-electron chi connectivity index (χ2n) is 9.46. The standard InChI is InChI=1S/C22H37N3O2/c1-2-3-21(26)25-12-8-19(9-13-25)24-10-6-17(7-11-24)22(27)23-20-15-16-4-5-18(20)14-16/h16-20H,2-15H2,1H3,(H,23,27). The van der Waals surface area contributed by atoms with Gasteiger partial charge in [0.05, 0.1) is 0 Å². The zero-order valence-corrected chi connectivity index (χ0v) is 17.0. The Bertz CT molecular complexity index is 536. The van der Waals surface area contributed by atoms with Crippen molar-refractivity contribution < 1.29 is 9.59 Å². The van der Waals surface area contributed by atoms with Gasteiger partial charge in [-0.3, -0.25) is 9.59 Å². The Morgan fingerprint density at radius 3 is 2.26 bits per heavy atom. The molecule has 5 heteroatoms. The number of carbonyl (C=O) groups excluding carboxylic acids is 2. The normalized spacial score (nSPS) is 32.8. The Labute approximate surface area is 164 Å².